The molecule has 0 aromatic heterocycles. The number of nitrogens with zero attached hydrogens (tertiary/aromatic N) is 2. The van der Waals surface area contributed by atoms with E-state index in [-0.39, 0.29) is 18.8 Å². The van der Waals surface area contributed by atoms with Gasteiger partial charge in [-0.3, -0.25) is 14.0 Å². The lowest BCUT2D eigenvalue weighted by molar-refractivity contribution is 0.0940. The summed E-state index contributed by atoms with van der Waals surface area (Å²) in [5.74, 6) is 1.33. The van der Waals surface area contributed by atoms with Crippen LogP contribution >= 0.6 is 27.4 Å². The van der Waals surface area contributed by atoms with Crippen molar-refractivity contribution in [2.45, 2.75) is 18.1 Å². The predicted octanol–water partition coefficient (Wildman–Crippen LogP) is 1.75. The predicted molar refractivity (Wildman–Crippen MR) is 120 cm³/mol. The van der Waals surface area contributed by atoms with Crippen LogP contribution in [0.4, 0.5) is 25.4 Å². The highest BCUT2D eigenvalue weighted by Crippen LogP contribution is 2.62. The molecule has 184 valence electrons. The van der Waals surface area contributed by atoms with E-state index < -0.39 is 44.8 Å². The molecular weight excluding hydrogens is 503 g/mol. The zero-order valence-electron chi connectivity index (χ0n) is 17.5. The lowest BCUT2D eigenvalue weighted by atomic mass is 10.2. The van der Waals surface area contributed by atoms with Crippen molar-refractivity contribution in [3.05, 3.63) is 24.0 Å². The third-order valence-corrected chi connectivity index (χ3v) is 9.68. The van der Waals surface area contributed by atoms with Gasteiger partial charge < -0.3 is 34.4 Å². The Morgan fingerprint density at radius 2 is 2.09 bits per heavy atom. The second kappa shape index (κ2) is 10.2. The maximum absolute atomic E-state index is 14.7. The molecule has 2 aliphatic heterocycles. The first kappa shape index (κ1) is 25.8. The molecule has 2 heterocycles. The minimum atomic E-state index is -5.26. The molecule has 1 aromatic carbocycles. The molecule has 0 radical (unpaired) electrons. The molecule has 3 atom stereocenters. The summed E-state index contributed by atoms with van der Waals surface area (Å²) in [7, 11) is -9.22. The van der Waals surface area contributed by atoms with E-state index in [2.05, 4.69) is 10.1 Å². The highest BCUT2D eigenvalue weighted by molar-refractivity contribution is 7.99. The minimum Gasteiger partial charge on any atom is -0.442 e. The third kappa shape index (κ3) is 5.82. The van der Waals surface area contributed by atoms with E-state index >= 15 is 0 Å². The topological polar surface area (TPSA) is 166 Å². The van der Waals surface area contributed by atoms with Gasteiger partial charge in [0.25, 0.3) is 5.08 Å². The molecule has 0 aliphatic carbocycles. The van der Waals surface area contributed by atoms with E-state index in [1.165, 1.54) is 11.0 Å². The summed E-state index contributed by atoms with van der Waals surface area (Å²) < 4.78 is 47.1. The zero-order chi connectivity index (χ0) is 24.4. The number of ether oxygens (including phenoxy) is 2. The van der Waals surface area contributed by atoms with Crippen molar-refractivity contribution in [2.75, 3.05) is 47.5 Å². The third-order valence-electron chi connectivity index (χ3n) is 5.19. The second-order valence-electron chi connectivity index (χ2n) is 7.45. The van der Waals surface area contributed by atoms with Gasteiger partial charge in [0.05, 0.1) is 24.5 Å². The van der Waals surface area contributed by atoms with Gasteiger partial charge in [-0.05, 0) is 25.1 Å². The Kier molecular flexibility index (Phi) is 7.98. The van der Waals surface area contributed by atoms with E-state index in [0.29, 0.717) is 12.6 Å². The summed E-state index contributed by atoms with van der Waals surface area (Å²) >= 11 is 1.80. The monoisotopic (exact) mass is 527 g/mol. The maximum Gasteiger partial charge on any atom is 0.414 e. The molecular formula is C17H24FN3O9P2S. The van der Waals surface area contributed by atoms with Gasteiger partial charge in [-0.1, -0.05) is 0 Å². The number of thioether (sulfide) groups is 1. The van der Waals surface area contributed by atoms with Crippen LogP contribution in [-0.2, 0) is 18.6 Å². The summed E-state index contributed by atoms with van der Waals surface area (Å²) in [6.07, 6.45) is -3.02. The largest absolute Gasteiger partial charge is 0.442 e. The van der Waals surface area contributed by atoms with Crippen LogP contribution in [0.15, 0.2) is 18.2 Å². The molecule has 3 rings (SSSR count). The van der Waals surface area contributed by atoms with Gasteiger partial charge in [0.15, 0.2) is 0 Å². The van der Waals surface area contributed by atoms with Crippen LogP contribution in [0.25, 0.3) is 0 Å². The Morgan fingerprint density at radius 3 is 2.67 bits per heavy atom. The Hall–Kier alpha value is -1.82. The first-order valence-electron chi connectivity index (χ1n) is 9.78. The minimum absolute atomic E-state index is 0.0371. The number of halogens is 1. The molecule has 33 heavy (non-hydrogen) atoms. The average Bonchev–Trinajstić information content (AvgIpc) is 3.12. The number of nitrogens with one attached hydrogen (secondary N) is 1. The fraction of sp³-hybridized carbons (Fsp3) is 0.529. The van der Waals surface area contributed by atoms with Gasteiger partial charge in [-0.15, -0.1) is 0 Å². The van der Waals surface area contributed by atoms with Crippen LogP contribution in [0.1, 0.15) is 6.92 Å². The molecule has 2 aliphatic rings. The molecule has 0 spiro atoms. The molecule has 0 saturated carbocycles. The summed E-state index contributed by atoms with van der Waals surface area (Å²) in [6.45, 7) is 1.75. The highest BCUT2D eigenvalue weighted by atomic mass is 32.2. The number of carbonyl (C=O) groups is 2. The maximum atomic E-state index is 14.7. The number of alkyl carbamates (subject to hydrolysis) is 1. The molecule has 12 nitrogen and oxygen atoms in total. The number of amides is 2. The Balaban J connectivity index is 1.59. The van der Waals surface area contributed by atoms with Gasteiger partial charge >= 0.3 is 19.8 Å². The van der Waals surface area contributed by atoms with E-state index in [4.69, 9.17) is 4.74 Å². The lowest BCUT2D eigenvalue weighted by Gasteiger charge is -2.29. The van der Waals surface area contributed by atoms with Crippen LogP contribution in [0, 0.1) is 5.82 Å². The fourth-order valence-corrected chi connectivity index (χ4v) is 5.49. The van der Waals surface area contributed by atoms with Crippen molar-refractivity contribution in [1.29, 1.82) is 0 Å². The average molecular weight is 527 g/mol. The number of hydrogen-bond donors (Lipinski definition) is 4. The number of cyclic esters (lactones) is 1. The van der Waals surface area contributed by atoms with Gasteiger partial charge in [-0.2, -0.15) is 11.8 Å². The quantitative estimate of drug-likeness (QED) is 0.382. The SMILES string of the molecule is CC(OC(=O)NC[C@H]1CN(c2ccc(N3CCSCC3)c(F)c2)C(=O)O1)([PH](=O)O)P(=O)(O)O. The first-order chi connectivity index (χ1) is 15.4. The molecule has 4 N–H and O–H groups in total. The fourth-order valence-electron chi connectivity index (χ4n) is 3.20. The van der Waals surface area contributed by atoms with Crippen molar-refractivity contribution >= 4 is 50.9 Å². The van der Waals surface area contributed by atoms with Crippen LogP contribution in [0.2, 0.25) is 0 Å². The van der Waals surface area contributed by atoms with Crippen molar-refractivity contribution in [2.24, 2.45) is 0 Å². The van der Waals surface area contributed by atoms with Gasteiger partial charge in [0.2, 0.25) is 8.03 Å². The lowest BCUT2D eigenvalue weighted by Crippen LogP contribution is -2.39. The van der Waals surface area contributed by atoms with E-state index in [1.54, 1.807) is 23.9 Å². The number of hydrogen-bond acceptors (Lipinski definition) is 8. The Bertz CT molecular complexity index is 990. The Morgan fingerprint density at radius 1 is 1.42 bits per heavy atom. The standard InChI is InChI=1S/C17H24FN3O9P2S/c1-17(31(24)25,32(26,27)28)30-15(22)19-9-12-10-21(16(23)29-12)11-2-3-14(13(18)8-11)20-4-6-33-7-5-20/h2-3,8,12,31H,4-7,9-10H2,1H3,(H,19,22)(H,24,25)(H2,26,27,28)/t12-,17?/m0/s1. The molecule has 2 amide bonds. The van der Waals surface area contributed by atoms with Gasteiger partial charge in [0.1, 0.15) is 11.9 Å². The van der Waals surface area contributed by atoms with Gasteiger partial charge in [-0.25, -0.2) is 14.0 Å². The number of anilines is 2. The van der Waals surface area contributed by atoms with Gasteiger partial charge in [0, 0.05) is 24.6 Å². The molecule has 2 saturated heterocycles. The van der Waals surface area contributed by atoms with Crippen molar-refractivity contribution < 1.29 is 47.3 Å². The summed E-state index contributed by atoms with van der Waals surface area (Å²) in [5, 5.41) is -0.758. The number of carbonyl (C=O) groups excluding carboxylic acids is 2. The van der Waals surface area contributed by atoms with Crippen molar-refractivity contribution in [3.63, 3.8) is 0 Å². The number of benzene rings is 1. The van der Waals surface area contributed by atoms with E-state index in [0.717, 1.165) is 24.6 Å². The smallest absolute Gasteiger partial charge is 0.414 e. The number of rotatable bonds is 7. The second-order valence-corrected chi connectivity index (χ2v) is 12.6. The van der Waals surface area contributed by atoms with Crippen LogP contribution < -0.4 is 15.1 Å². The highest BCUT2D eigenvalue weighted by Gasteiger charge is 2.52. The van der Waals surface area contributed by atoms with E-state index in [9.17, 15) is 37.8 Å². The van der Waals surface area contributed by atoms with Crippen molar-refractivity contribution in [1.82, 2.24) is 5.32 Å². The summed E-state index contributed by atoms with van der Waals surface area (Å²) in [6, 6.07) is 4.42. The van der Waals surface area contributed by atoms with Crippen molar-refractivity contribution in [3.8, 4) is 0 Å². The molecule has 1 aromatic rings. The molecule has 0 bridgehead atoms. The normalized spacial score (nSPS) is 21.8. The Labute approximate surface area is 193 Å². The van der Waals surface area contributed by atoms with Crippen LogP contribution in [0.5, 0.6) is 0 Å². The molecule has 2 fully saturated rings. The zero-order valence-corrected chi connectivity index (χ0v) is 20.2. The van der Waals surface area contributed by atoms with Crippen LogP contribution in [-0.4, -0.2) is 75.7 Å². The summed E-state index contributed by atoms with van der Waals surface area (Å²) in [5.41, 5.74) is 0.717. The molecule has 2 unspecified atom stereocenters. The van der Waals surface area contributed by atoms with E-state index in [1.807, 2.05) is 4.90 Å². The molecule has 16 heteroatoms. The van der Waals surface area contributed by atoms with Crippen LogP contribution in [0.3, 0.4) is 0 Å². The summed E-state index contributed by atoms with van der Waals surface area (Å²) in [4.78, 5) is 54.9. The first-order valence-corrected chi connectivity index (χ1v) is 13.9.